The Balaban J connectivity index is 0.992. The van der Waals surface area contributed by atoms with Crippen LogP contribution in [0.1, 0.15) is 47.5 Å². The summed E-state index contributed by atoms with van der Waals surface area (Å²) in [4.78, 5) is 22.2. The Morgan fingerprint density at radius 1 is 1.02 bits per heavy atom. The van der Waals surface area contributed by atoms with Gasteiger partial charge in [-0.05, 0) is 80.6 Å². The molecule has 2 aromatic carbocycles. The van der Waals surface area contributed by atoms with Crippen LogP contribution in [0.15, 0.2) is 48.8 Å². The number of hydrogen-bond donors (Lipinski definition) is 3. The van der Waals surface area contributed by atoms with Gasteiger partial charge in [0.15, 0.2) is 23.2 Å². The van der Waals surface area contributed by atoms with E-state index in [4.69, 9.17) is 4.74 Å². The lowest BCUT2D eigenvalue weighted by Gasteiger charge is -2.43. The largest absolute Gasteiger partial charge is 0.389 e. The Kier molecular flexibility index (Phi) is 9.00. The Morgan fingerprint density at radius 2 is 1.70 bits per heavy atom. The number of piperidine rings is 2. The highest BCUT2D eigenvalue weighted by atomic mass is 19.2. The van der Waals surface area contributed by atoms with Crippen molar-refractivity contribution in [1.29, 1.82) is 0 Å². The number of H-pyrrole nitrogens is 1. The van der Waals surface area contributed by atoms with E-state index < -0.39 is 34.9 Å². The number of ketones is 1. The number of rotatable bonds is 8. The lowest BCUT2D eigenvalue weighted by molar-refractivity contribution is -0.114. The lowest BCUT2D eigenvalue weighted by atomic mass is 9.84. The zero-order chi connectivity index (χ0) is 30.8. The van der Waals surface area contributed by atoms with Crippen LogP contribution in [0.3, 0.4) is 0 Å². The number of aliphatic hydroxyl groups is 2. The molecule has 1 aromatic heterocycles. The number of nitrogens with one attached hydrogen (secondary N) is 1. The van der Waals surface area contributed by atoms with Crippen LogP contribution in [0.2, 0.25) is 0 Å². The predicted molar refractivity (Wildman–Crippen MR) is 161 cm³/mol. The van der Waals surface area contributed by atoms with E-state index in [1.807, 2.05) is 4.90 Å². The highest BCUT2D eigenvalue weighted by Gasteiger charge is 2.39. The molecule has 0 amide bonds. The van der Waals surface area contributed by atoms with Crippen LogP contribution < -0.4 is 4.90 Å². The van der Waals surface area contributed by atoms with E-state index in [1.54, 1.807) is 0 Å². The minimum absolute atomic E-state index is 0.284. The molecule has 0 saturated carbocycles. The van der Waals surface area contributed by atoms with Crippen molar-refractivity contribution in [2.45, 2.75) is 43.3 Å². The summed E-state index contributed by atoms with van der Waals surface area (Å²) in [7, 11) is 0. The summed E-state index contributed by atoms with van der Waals surface area (Å²) in [6.07, 6.45) is 6.45. The molecule has 236 valence electrons. The smallest absolute Gasteiger partial charge is 0.194 e. The van der Waals surface area contributed by atoms with Crippen molar-refractivity contribution in [2.75, 3.05) is 63.9 Å². The number of allylic oxidation sites excluding steroid dienone is 1. The molecular formula is C33H39F3N4O4. The molecule has 3 fully saturated rings. The van der Waals surface area contributed by atoms with Crippen molar-refractivity contribution in [3.05, 3.63) is 77.4 Å². The van der Waals surface area contributed by atoms with Gasteiger partial charge in [-0.3, -0.25) is 4.79 Å². The number of aliphatic hydroxyl groups excluding tert-OH is 1. The summed E-state index contributed by atoms with van der Waals surface area (Å²) in [5, 5.41) is 23.6. The second-order valence-corrected chi connectivity index (χ2v) is 12.2. The maximum Gasteiger partial charge on any atom is 0.194 e. The molecule has 44 heavy (non-hydrogen) atoms. The van der Waals surface area contributed by atoms with Crippen LogP contribution >= 0.6 is 0 Å². The number of nitrogens with zero attached hydrogens (tertiary/aromatic N) is 3. The van der Waals surface area contributed by atoms with E-state index in [2.05, 4.69) is 39.2 Å². The summed E-state index contributed by atoms with van der Waals surface area (Å²) in [5.74, 6) is -4.69. The summed E-state index contributed by atoms with van der Waals surface area (Å²) >= 11 is 0. The number of hydrogen-bond acceptors (Lipinski definition) is 7. The van der Waals surface area contributed by atoms with Gasteiger partial charge in [-0.2, -0.15) is 0 Å². The Morgan fingerprint density at radius 3 is 2.39 bits per heavy atom. The summed E-state index contributed by atoms with van der Waals surface area (Å²) < 4.78 is 45.6. The van der Waals surface area contributed by atoms with Crippen LogP contribution in [0.4, 0.5) is 18.9 Å². The number of benzene rings is 2. The molecule has 4 heterocycles. The second-order valence-electron chi connectivity index (χ2n) is 12.2. The van der Waals surface area contributed by atoms with Gasteiger partial charge in [-0.15, -0.1) is 0 Å². The minimum atomic E-state index is -1.61. The number of halogens is 3. The van der Waals surface area contributed by atoms with Crippen LogP contribution in [0, 0.1) is 17.5 Å². The van der Waals surface area contributed by atoms with Crippen LogP contribution in [-0.2, 0) is 4.74 Å². The monoisotopic (exact) mass is 612 g/mol. The molecule has 3 saturated heterocycles. The van der Waals surface area contributed by atoms with Crippen molar-refractivity contribution in [3.63, 3.8) is 0 Å². The van der Waals surface area contributed by atoms with Gasteiger partial charge in [-0.25, -0.2) is 13.2 Å². The molecule has 1 atom stereocenters. The zero-order valence-corrected chi connectivity index (χ0v) is 24.7. The van der Waals surface area contributed by atoms with E-state index in [0.29, 0.717) is 50.5 Å². The van der Waals surface area contributed by atoms with E-state index in [1.165, 1.54) is 28.9 Å². The number of anilines is 1. The van der Waals surface area contributed by atoms with E-state index in [-0.39, 0.29) is 5.56 Å². The molecule has 3 aliphatic rings. The molecule has 0 aliphatic carbocycles. The number of carbonyl (C=O) groups excluding carboxylic acids is 1. The average Bonchev–Trinajstić information content (AvgIpc) is 3.47. The van der Waals surface area contributed by atoms with Crippen molar-refractivity contribution in [3.8, 4) is 0 Å². The standard InChI is InChI=1S/C33H39F3N4O4/c34-27-17-23(18-28(35)32(27)36)30(41)5-10-38-11-6-33(43,7-12-38)31(42)21-39-8-3-22(4-9-39)26-20-37-29-2-1-24(19-25(26)29)40-13-15-44-16-14-40/h1-2,5,10,17-20,22,31,37,42-43H,3-4,6-9,11-16,21H2. The third kappa shape index (κ3) is 6.51. The molecule has 0 bridgehead atoms. The van der Waals surface area contributed by atoms with Crippen LogP contribution in [-0.4, -0.2) is 102 Å². The van der Waals surface area contributed by atoms with Crippen molar-refractivity contribution >= 4 is 22.4 Å². The van der Waals surface area contributed by atoms with Gasteiger partial charge in [-0.1, -0.05) is 0 Å². The van der Waals surface area contributed by atoms with Crippen LogP contribution in [0.25, 0.3) is 10.9 Å². The number of carbonyl (C=O) groups is 1. The molecule has 6 rings (SSSR count). The fourth-order valence-electron chi connectivity index (χ4n) is 6.69. The molecule has 3 N–H and O–H groups in total. The number of fused-ring (bicyclic) bond motifs is 1. The van der Waals surface area contributed by atoms with Crippen molar-refractivity contribution < 1.29 is 32.9 Å². The molecule has 1 unspecified atom stereocenters. The zero-order valence-electron chi connectivity index (χ0n) is 24.7. The van der Waals surface area contributed by atoms with Gasteiger partial charge in [0, 0.05) is 73.4 Å². The van der Waals surface area contributed by atoms with Crippen LogP contribution in [0.5, 0.6) is 0 Å². The first-order chi connectivity index (χ1) is 21.2. The van der Waals surface area contributed by atoms with Gasteiger partial charge in [0.05, 0.1) is 24.9 Å². The second kappa shape index (κ2) is 12.9. The molecule has 3 aromatic rings. The molecule has 8 nitrogen and oxygen atoms in total. The quantitative estimate of drug-likeness (QED) is 0.200. The minimum Gasteiger partial charge on any atom is -0.389 e. The first-order valence-corrected chi connectivity index (χ1v) is 15.4. The van der Waals surface area contributed by atoms with E-state index in [0.717, 1.165) is 57.8 Å². The summed E-state index contributed by atoms with van der Waals surface area (Å²) in [5.41, 5.74) is 2.17. The lowest BCUT2D eigenvalue weighted by Crippen LogP contribution is -2.54. The highest BCUT2D eigenvalue weighted by molar-refractivity contribution is 6.04. The number of likely N-dealkylation sites (tertiary alicyclic amines) is 2. The number of morpholine rings is 1. The number of β-amino-alcohol motifs (C(OH)–C–C–N with tert-alkyl or cyclic N) is 1. The van der Waals surface area contributed by atoms with E-state index >= 15 is 0 Å². The van der Waals surface area contributed by atoms with Gasteiger partial charge >= 0.3 is 0 Å². The van der Waals surface area contributed by atoms with Gasteiger partial charge < -0.3 is 34.6 Å². The van der Waals surface area contributed by atoms with Gasteiger partial charge in [0.2, 0.25) is 0 Å². The SMILES string of the molecule is O=C(C=CN1CCC(O)(C(O)CN2CCC(c3c[nH]c4ccc(N5CCOCC5)cc34)CC2)CC1)c1cc(F)c(F)c(F)c1. The van der Waals surface area contributed by atoms with Gasteiger partial charge in [0.25, 0.3) is 0 Å². The normalized spacial score (nSPS) is 20.9. The first kappa shape index (κ1) is 30.6. The van der Waals surface area contributed by atoms with E-state index in [9.17, 15) is 28.2 Å². The predicted octanol–water partition coefficient (Wildman–Crippen LogP) is 4.19. The third-order valence-corrected chi connectivity index (χ3v) is 9.52. The molecule has 0 radical (unpaired) electrons. The maximum absolute atomic E-state index is 13.5. The Bertz CT molecular complexity index is 1480. The topological polar surface area (TPSA) is 92.3 Å². The first-order valence-electron chi connectivity index (χ1n) is 15.4. The molecular weight excluding hydrogens is 573 g/mol. The fourth-order valence-corrected chi connectivity index (χ4v) is 6.69. The van der Waals surface area contributed by atoms with Gasteiger partial charge in [0.1, 0.15) is 0 Å². The Hall–Kier alpha value is -3.38. The van der Waals surface area contributed by atoms with Crippen molar-refractivity contribution in [1.82, 2.24) is 14.8 Å². The number of aromatic amines is 1. The highest BCUT2D eigenvalue weighted by Crippen LogP contribution is 2.36. The fraction of sp³-hybridized carbons (Fsp3) is 0.485. The molecule has 11 heteroatoms. The third-order valence-electron chi connectivity index (χ3n) is 9.52. The summed E-state index contributed by atoms with van der Waals surface area (Å²) in [6, 6.07) is 7.95. The Labute approximate surface area is 254 Å². The number of aromatic nitrogens is 1. The summed E-state index contributed by atoms with van der Waals surface area (Å²) in [6.45, 7) is 6.14. The number of ether oxygens (including phenoxy) is 1. The van der Waals surface area contributed by atoms with Crippen molar-refractivity contribution in [2.24, 2.45) is 0 Å². The maximum atomic E-state index is 13.5. The molecule has 3 aliphatic heterocycles. The molecule has 0 spiro atoms. The average molecular weight is 613 g/mol.